The summed E-state index contributed by atoms with van der Waals surface area (Å²) in [6, 6.07) is 0. The summed E-state index contributed by atoms with van der Waals surface area (Å²) in [5.74, 6) is -5.56. The number of carbonyl (C=O) groups excluding carboxylic acids is 3. The van der Waals surface area contributed by atoms with Crippen LogP contribution >= 0.6 is 0 Å². The predicted molar refractivity (Wildman–Crippen MR) is 143 cm³/mol. The molecule has 0 saturated carbocycles. The quantitative estimate of drug-likeness (QED) is 0.106. The average molecular weight is 541 g/mol. The number of unbranched alkanes of at least 4 members (excludes halogenated alkanes) is 11. The van der Waals surface area contributed by atoms with Crippen molar-refractivity contribution in [2.24, 2.45) is 11.8 Å². The van der Waals surface area contributed by atoms with Gasteiger partial charge in [-0.3, -0.25) is 24.0 Å². The Bertz CT molecular complexity index is 744. The Balaban J connectivity index is 3.95. The second-order valence-electron chi connectivity index (χ2n) is 10.5. The zero-order valence-corrected chi connectivity index (χ0v) is 23.1. The molecule has 0 unspecified atom stereocenters. The Morgan fingerprint density at radius 1 is 0.474 bits per heavy atom. The number of rotatable bonds is 27. The minimum atomic E-state index is -1.15. The highest BCUT2D eigenvalue weighted by Crippen LogP contribution is 2.19. The Morgan fingerprint density at radius 2 is 0.816 bits per heavy atom. The van der Waals surface area contributed by atoms with Crippen molar-refractivity contribution in [1.29, 1.82) is 0 Å². The number of hydrogen-bond donors (Lipinski definition) is 3. The summed E-state index contributed by atoms with van der Waals surface area (Å²) in [4.78, 5) is 68.9. The number of hydrogen-bond acceptors (Lipinski definition) is 6. The zero-order valence-electron chi connectivity index (χ0n) is 23.1. The molecule has 0 fully saturated rings. The molecule has 0 heterocycles. The fraction of sp³-hybridized carbons (Fsp3) is 0.793. The third kappa shape index (κ3) is 21.5. The molecule has 3 N–H and O–H groups in total. The maximum atomic E-state index is 12.3. The van der Waals surface area contributed by atoms with Crippen molar-refractivity contribution in [2.75, 3.05) is 0 Å². The van der Waals surface area contributed by atoms with E-state index in [2.05, 4.69) is 0 Å². The normalized spacial score (nSPS) is 12.6. The van der Waals surface area contributed by atoms with Crippen LogP contribution in [-0.2, 0) is 28.8 Å². The molecule has 0 spiro atoms. The Hall–Kier alpha value is -2.58. The molecule has 9 nitrogen and oxygen atoms in total. The molecule has 38 heavy (non-hydrogen) atoms. The van der Waals surface area contributed by atoms with Crippen molar-refractivity contribution in [3.8, 4) is 0 Å². The zero-order chi connectivity index (χ0) is 28.8. The van der Waals surface area contributed by atoms with Crippen molar-refractivity contribution in [3.63, 3.8) is 0 Å². The summed E-state index contributed by atoms with van der Waals surface area (Å²) in [5, 5.41) is 27.3. The third-order valence-electron chi connectivity index (χ3n) is 6.86. The minimum Gasteiger partial charge on any atom is -0.481 e. The molecule has 0 aromatic heterocycles. The van der Waals surface area contributed by atoms with Gasteiger partial charge in [-0.2, -0.15) is 0 Å². The lowest BCUT2D eigenvalue weighted by atomic mass is 9.90. The fourth-order valence-electron chi connectivity index (χ4n) is 4.46. The van der Waals surface area contributed by atoms with Crippen LogP contribution in [0, 0.1) is 11.8 Å². The number of ketones is 3. The Morgan fingerprint density at radius 3 is 1.18 bits per heavy atom. The van der Waals surface area contributed by atoms with Crippen LogP contribution in [0.5, 0.6) is 0 Å². The lowest BCUT2D eigenvalue weighted by Gasteiger charge is -2.13. The largest absolute Gasteiger partial charge is 0.481 e. The first-order valence-electron chi connectivity index (χ1n) is 14.2. The van der Waals surface area contributed by atoms with E-state index in [4.69, 9.17) is 5.11 Å². The van der Waals surface area contributed by atoms with Crippen molar-refractivity contribution in [3.05, 3.63) is 0 Å². The fourth-order valence-corrected chi connectivity index (χ4v) is 4.46. The van der Waals surface area contributed by atoms with Crippen LogP contribution in [0.4, 0.5) is 0 Å². The van der Waals surface area contributed by atoms with E-state index in [1.165, 1.54) is 26.2 Å². The molecule has 0 amide bonds. The summed E-state index contributed by atoms with van der Waals surface area (Å²) in [6.07, 6.45) is 12.7. The Labute approximate surface area is 226 Å². The van der Waals surface area contributed by atoms with Crippen LogP contribution in [0.2, 0.25) is 0 Å². The van der Waals surface area contributed by atoms with E-state index < -0.39 is 29.7 Å². The highest BCUT2D eigenvalue weighted by molar-refractivity contribution is 5.86. The van der Waals surface area contributed by atoms with Crippen LogP contribution in [0.25, 0.3) is 0 Å². The molecule has 0 aliphatic rings. The lowest BCUT2D eigenvalue weighted by molar-refractivity contribution is -0.145. The first-order valence-corrected chi connectivity index (χ1v) is 14.2. The highest BCUT2D eigenvalue weighted by atomic mass is 16.4. The maximum Gasteiger partial charge on any atom is 0.306 e. The van der Waals surface area contributed by atoms with E-state index in [-0.39, 0.29) is 62.3 Å². The lowest BCUT2D eigenvalue weighted by Crippen LogP contribution is -2.22. The van der Waals surface area contributed by atoms with E-state index in [1.807, 2.05) is 0 Å². The summed E-state index contributed by atoms with van der Waals surface area (Å²) in [5.41, 5.74) is 0. The van der Waals surface area contributed by atoms with Gasteiger partial charge in [0.25, 0.3) is 0 Å². The van der Waals surface area contributed by atoms with Gasteiger partial charge in [-0.25, -0.2) is 0 Å². The number of carbonyl (C=O) groups is 6. The first-order chi connectivity index (χ1) is 18.0. The smallest absolute Gasteiger partial charge is 0.306 e. The van der Waals surface area contributed by atoms with Gasteiger partial charge in [-0.15, -0.1) is 0 Å². The van der Waals surface area contributed by atoms with Crippen molar-refractivity contribution in [1.82, 2.24) is 0 Å². The maximum absolute atomic E-state index is 12.3. The van der Waals surface area contributed by atoms with Crippen LogP contribution in [0.15, 0.2) is 0 Å². The van der Waals surface area contributed by atoms with Gasteiger partial charge >= 0.3 is 17.9 Å². The van der Waals surface area contributed by atoms with Crippen molar-refractivity contribution in [2.45, 2.75) is 135 Å². The van der Waals surface area contributed by atoms with Crippen LogP contribution < -0.4 is 0 Å². The number of carboxylic acids is 3. The molecule has 0 aliphatic carbocycles. The van der Waals surface area contributed by atoms with Crippen LogP contribution in [0.3, 0.4) is 0 Å². The highest BCUT2D eigenvalue weighted by Gasteiger charge is 2.25. The van der Waals surface area contributed by atoms with E-state index in [1.54, 1.807) is 0 Å². The molecule has 0 aromatic carbocycles. The second-order valence-corrected chi connectivity index (χ2v) is 10.5. The molecule has 0 rings (SSSR count). The molecule has 0 aliphatic heterocycles. The molecule has 218 valence electrons. The van der Waals surface area contributed by atoms with E-state index in [9.17, 15) is 39.0 Å². The van der Waals surface area contributed by atoms with Gasteiger partial charge in [0.15, 0.2) is 0 Å². The van der Waals surface area contributed by atoms with E-state index in [0.717, 1.165) is 57.8 Å². The van der Waals surface area contributed by atoms with Gasteiger partial charge in [0.1, 0.15) is 17.3 Å². The molecule has 0 radical (unpaired) electrons. The van der Waals surface area contributed by atoms with Crippen LogP contribution in [-0.4, -0.2) is 50.6 Å². The van der Waals surface area contributed by atoms with E-state index >= 15 is 0 Å². The minimum absolute atomic E-state index is 0.00128. The second kappa shape index (κ2) is 22.4. The monoisotopic (exact) mass is 540 g/mol. The van der Waals surface area contributed by atoms with Gasteiger partial charge < -0.3 is 20.1 Å². The van der Waals surface area contributed by atoms with Crippen molar-refractivity contribution >= 4 is 35.3 Å². The predicted octanol–water partition coefficient (Wildman–Crippen LogP) is 6.00. The summed E-state index contributed by atoms with van der Waals surface area (Å²) in [7, 11) is 0. The first kappa shape index (κ1) is 35.4. The molecule has 0 saturated heterocycles. The van der Waals surface area contributed by atoms with Gasteiger partial charge in [0.2, 0.25) is 0 Å². The molecule has 2 atom stereocenters. The van der Waals surface area contributed by atoms with Gasteiger partial charge in [-0.1, -0.05) is 64.2 Å². The number of aliphatic carboxylic acids is 3. The summed E-state index contributed by atoms with van der Waals surface area (Å²) >= 11 is 0. The van der Waals surface area contributed by atoms with E-state index in [0.29, 0.717) is 6.42 Å². The topological polar surface area (TPSA) is 163 Å². The summed E-state index contributed by atoms with van der Waals surface area (Å²) < 4.78 is 0. The molecule has 0 bridgehead atoms. The molecular formula is C29H48O9. The molecular weight excluding hydrogens is 492 g/mol. The standard InChI is InChI=1S/C29H48O9/c1-22(30)16-17-23(28(35)36)21-26(32)19-18-24(29(37)38)20-25(31)14-12-10-8-6-4-2-3-5-7-9-11-13-15-27(33)34/h23-24H,2-21H2,1H3,(H,33,34)(H,35,36)(H,37,38)/t23-,24-/m1/s1. The van der Waals surface area contributed by atoms with Gasteiger partial charge in [0.05, 0.1) is 11.8 Å². The molecule has 9 heteroatoms. The number of Topliss-reactive ketones (excluding diaryl/α,β-unsaturated/α-hetero) is 3. The summed E-state index contributed by atoms with van der Waals surface area (Å²) in [6.45, 7) is 1.36. The third-order valence-corrected chi connectivity index (χ3v) is 6.86. The van der Waals surface area contributed by atoms with Crippen molar-refractivity contribution < 1.29 is 44.1 Å². The SMILES string of the molecule is CC(=O)CC[C@H](CC(=O)CC[C@H](CC(=O)CCCCCCCCCCCCCCC(=O)O)C(=O)O)C(=O)O. The molecule has 0 aromatic rings. The number of carboxylic acid groups (broad SMARTS) is 3. The van der Waals surface area contributed by atoms with Gasteiger partial charge in [0, 0.05) is 38.5 Å². The average Bonchev–Trinajstić information content (AvgIpc) is 2.83. The Kier molecular flexibility index (Phi) is 20.9. The van der Waals surface area contributed by atoms with Gasteiger partial charge in [-0.05, 0) is 32.6 Å². The van der Waals surface area contributed by atoms with Crippen LogP contribution in [0.1, 0.15) is 135 Å².